The van der Waals surface area contributed by atoms with Crippen LogP contribution >= 0.6 is 11.8 Å². The molecule has 3 rings (SSSR count). The lowest BCUT2D eigenvalue weighted by molar-refractivity contribution is 0.101. The molecule has 1 N–H and O–H groups in total. The standard InChI is InChI=1S/C22H21NO3S/c1-14-10-19(12-23-11-14)27-18-6-4-17(5-7-18)13-26-21-9-8-20(16(3)24)22(25)15(21)2/h4-12,25H,13H2,1-3H3. The predicted octanol–water partition coefficient (Wildman–Crippen LogP) is 5.34. The molecule has 4 nitrogen and oxygen atoms in total. The largest absolute Gasteiger partial charge is 0.507 e. The summed E-state index contributed by atoms with van der Waals surface area (Å²) in [5.74, 6) is 0.388. The number of ketones is 1. The Bertz CT molecular complexity index is 968. The van der Waals surface area contributed by atoms with Gasteiger partial charge in [-0.3, -0.25) is 9.78 Å². The van der Waals surface area contributed by atoms with E-state index < -0.39 is 0 Å². The summed E-state index contributed by atoms with van der Waals surface area (Å²) >= 11 is 1.67. The van der Waals surface area contributed by atoms with E-state index in [-0.39, 0.29) is 11.5 Å². The molecule has 2 aromatic carbocycles. The van der Waals surface area contributed by atoms with Crippen molar-refractivity contribution in [1.82, 2.24) is 4.98 Å². The first-order valence-electron chi connectivity index (χ1n) is 8.59. The van der Waals surface area contributed by atoms with Crippen molar-refractivity contribution in [2.75, 3.05) is 0 Å². The zero-order valence-electron chi connectivity index (χ0n) is 15.5. The molecule has 0 saturated heterocycles. The van der Waals surface area contributed by atoms with Gasteiger partial charge in [0.1, 0.15) is 18.1 Å². The second-order valence-corrected chi connectivity index (χ2v) is 7.52. The normalized spacial score (nSPS) is 10.6. The zero-order chi connectivity index (χ0) is 19.4. The number of benzene rings is 2. The molecule has 0 saturated carbocycles. The van der Waals surface area contributed by atoms with E-state index in [0.29, 0.717) is 23.5 Å². The highest BCUT2D eigenvalue weighted by Gasteiger charge is 2.13. The monoisotopic (exact) mass is 379 g/mol. The molecule has 0 spiro atoms. The van der Waals surface area contributed by atoms with Crippen LogP contribution in [0.15, 0.2) is 64.6 Å². The Kier molecular flexibility index (Phi) is 5.81. The average molecular weight is 379 g/mol. The quantitative estimate of drug-likeness (QED) is 0.586. The first kappa shape index (κ1) is 19.0. The van der Waals surface area contributed by atoms with E-state index >= 15 is 0 Å². The lowest BCUT2D eigenvalue weighted by Crippen LogP contribution is -2.00. The van der Waals surface area contributed by atoms with Crippen LogP contribution in [0.3, 0.4) is 0 Å². The number of aryl methyl sites for hydroxylation is 1. The average Bonchev–Trinajstić information content (AvgIpc) is 2.64. The number of phenols is 1. The number of aromatic hydroxyl groups is 1. The minimum absolute atomic E-state index is 0.0153. The van der Waals surface area contributed by atoms with Crippen LogP contribution in [0.2, 0.25) is 0 Å². The van der Waals surface area contributed by atoms with Gasteiger partial charge in [0.15, 0.2) is 5.78 Å². The van der Waals surface area contributed by atoms with Gasteiger partial charge in [0, 0.05) is 27.7 Å². The number of aromatic nitrogens is 1. The SMILES string of the molecule is CC(=O)c1ccc(OCc2ccc(Sc3cncc(C)c3)cc2)c(C)c1O. The van der Waals surface area contributed by atoms with Gasteiger partial charge in [-0.15, -0.1) is 0 Å². The summed E-state index contributed by atoms with van der Waals surface area (Å²) in [6.45, 7) is 5.59. The van der Waals surface area contributed by atoms with Crippen LogP contribution in [-0.2, 0) is 6.61 Å². The molecule has 0 amide bonds. The van der Waals surface area contributed by atoms with Gasteiger partial charge in [-0.2, -0.15) is 0 Å². The van der Waals surface area contributed by atoms with E-state index in [0.717, 1.165) is 20.9 Å². The minimum atomic E-state index is -0.168. The first-order chi connectivity index (χ1) is 12.9. The Morgan fingerprint density at radius 3 is 2.48 bits per heavy atom. The third-order valence-corrected chi connectivity index (χ3v) is 5.13. The number of ether oxygens (including phenoxy) is 1. The van der Waals surface area contributed by atoms with Crippen LogP contribution in [0, 0.1) is 13.8 Å². The topological polar surface area (TPSA) is 59.4 Å². The van der Waals surface area contributed by atoms with Crippen molar-refractivity contribution < 1.29 is 14.6 Å². The summed E-state index contributed by atoms with van der Waals surface area (Å²) in [6.07, 6.45) is 3.70. The molecule has 0 atom stereocenters. The number of Topliss-reactive ketones (excluding diaryl/α,β-unsaturated/α-hetero) is 1. The van der Waals surface area contributed by atoms with Gasteiger partial charge < -0.3 is 9.84 Å². The van der Waals surface area contributed by atoms with E-state index in [9.17, 15) is 9.90 Å². The van der Waals surface area contributed by atoms with Gasteiger partial charge in [0.2, 0.25) is 0 Å². The highest BCUT2D eigenvalue weighted by atomic mass is 32.2. The molecule has 0 aliphatic carbocycles. The molecular weight excluding hydrogens is 358 g/mol. The Labute approximate surface area is 163 Å². The molecule has 0 unspecified atom stereocenters. The van der Waals surface area contributed by atoms with Crippen LogP contribution in [0.25, 0.3) is 0 Å². The lowest BCUT2D eigenvalue weighted by atomic mass is 10.1. The van der Waals surface area contributed by atoms with Crippen molar-refractivity contribution in [3.8, 4) is 11.5 Å². The van der Waals surface area contributed by atoms with Crippen LogP contribution in [0.5, 0.6) is 11.5 Å². The molecule has 0 radical (unpaired) electrons. The predicted molar refractivity (Wildman–Crippen MR) is 107 cm³/mol. The van der Waals surface area contributed by atoms with Crippen molar-refractivity contribution in [2.24, 2.45) is 0 Å². The number of pyridine rings is 1. The minimum Gasteiger partial charge on any atom is -0.507 e. The van der Waals surface area contributed by atoms with E-state index in [2.05, 4.69) is 23.2 Å². The molecule has 0 bridgehead atoms. The number of nitrogens with zero attached hydrogens (tertiary/aromatic N) is 1. The van der Waals surface area contributed by atoms with Crippen molar-refractivity contribution in [1.29, 1.82) is 0 Å². The van der Waals surface area contributed by atoms with E-state index in [1.165, 1.54) is 6.92 Å². The molecule has 1 aromatic heterocycles. The smallest absolute Gasteiger partial charge is 0.163 e. The van der Waals surface area contributed by atoms with Crippen LogP contribution in [-0.4, -0.2) is 15.9 Å². The zero-order valence-corrected chi connectivity index (χ0v) is 16.3. The van der Waals surface area contributed by atoms with Crippen molar-refractivity contribution >= 4 is 17.5 Å². The van der Waals surface area contributed by atoms with Crippen molar-refractivity contribution in [2.45, 2.75) is 37.2 Å². The van der Waals surface area contributed by atoms with E-state index in [4.69, 9.17) is 4.74 Å². The molecule has 0 fully saturated rings. The van der Waals surface area contributed by atoms with Crippen LogP contribution < -0.4 is 4.74 Å². The summed E-state index contributed by atoms with van der Waals surface area (Å²) in [6, 6.07) is 13.6. The molecule has 138 valence electrons. The van der Waals surface area contributed by atoms with Crippen LogP contribution in [0.4, 0.5) is 0 Å². The maximum Gasteiger partial charge on any atom is 0.163 e. The molecule has 0 aliphatic rings. The second kappa shape index (κ2) is 8.27. The Morgan fingerprint density at radius 2 is 1.81 bits per heavy atom. The molecular formula is C22H21NO3S. The van der Waals surface area contributed by atoms with Gasteiger partial charge in [0.05, 0.1) is 5.56 Å². The fourth-order valence-electron chi connectivity index (χ4n) is 2.66. The van der Waals surface area contributed by atoms with Gasteiger partial charge in [-0.05, 0) is 62.2 Å². The fraction of sp³-hybridized carbons (Fsp3) is 0.182. The maximum atomic E-state index is 11.5. The number of hydrogen-bond donors (Lipinski definition) is 1. The Morgan fingerprint density at radius 1 is 1.07 bits per heavy atom. The lowest BCUT2D eigenvalue weighted by Gasteiger charge is -2.12. The molecule has 3 aromatic rings. The highest BCUT2D eigenvalue weighted by molar-refractivity contribution is 7.99. The summed E-state index contributed by atoms with van der Waals surface area (Å²) in [4.78, 5) is 17.9. The third-order valence-electron chi connectivity index (χ3n) is 4.16. The summed E-state index contributed by atoms with van der Waals surface area (Å²) in [5, 5.41) is 10.1. The Balaban J connectivity index is 1.65. The van der Waals surface area contributed by atoms with Crippen LogP contribution in [0.1, 0.15) is 34.0 Å². The number of carbonyl (C=O) groups excluding carboxylic acids is 1. The van der Waals surface area contributed by atoms with Gasteiger partial charge >= 0.3 is 0 Å². The number of phenolic OH excluding ortho intramolecular Hbond substituents is 1. The van der Waals surface area contributed by atoms with Gasteiger partial charge in [0.25, 0.3) is 0 Å². The van der Waals surface area contributed by atoms with Gasteiger partial charge in [-0.1, -0.05) is 23.9 Å². The molecule has 5 heteroatoms. The summed E-state index contributed by atoms with van der Waals surface area (Å²) < 4.78 is 5.82. The molecule has 27 heavy (non-hydrogen) atoms. The van der Waals surface area contributed by atoms with Crippen molar-refractivity contribution in [3.63, 3.8) is 0 Å². The number of carbonyl (C=O) groups is 1. The molecule has 0 aliphatic heterocycles. The third kappa shape index (κ3) is 4.68. The Hall–Kier alpha value is -2.79. The summed E-state index contributed by atoms with van der Waals surface area (Å²) in [7, 11) is 0. The number of rotatable bonds is 6. The maximum absolute atomic E-state index is 11.5. The van der Waals surface area contributed by atoms with E-state index in [1.807, 2.05) is 31.5 Å². The fourth-order valence-corrected chi connectivity index (χ4v) is 3.56. The van der Waals surface area contributed by atoms with Crippen molar-refractivity contribution in [3.05, 3.63) is 77.1 Å². The van der Waals surface area contributed by atoms with Gasteiger partial charge in [-0.25, -0.2) is 0 Å². The summed E-state index contributed by atoms with van der Waals surface area (Å²) in [5.41, 5.74) is 3.05. The van der Waals surface area contributed by atoms with E-state index in [1.54, 1.807) is 30.8 Å². The second-order valence-electron chi connectivity index (χ2n) is 6.37. The first-order valence-corrected chi connectivity index (χ1v) is 9.40. The highest BCUT2D eigenvalue weighted by Crippen LogP contribution is 2.32. The number of hydrogen-bond acceptors (Lipinski definition) is 5. The molecule has 1 heterocycles.